The molecule has 2 N–H and O–H groups in total. The van der Waals surface area contributed by atoms with Crippen molar-refractivity contribution in [3.63, 3.8) is 0 Å². The number of amides is 2. The zero-order valence-corrected chi connectivity index (χ0v) is 21.3. The number of hydrogen-bond donors (Lipinski definition) is 2. The first kappa shape index (κ1) is 25.7. The lowest BCUT2D eigenvalue weighted by atomic mass is 9.78. The lowest BCUT2D eigenvalue weighted by molar-refractivity contribution is -0.117. The van der Waals surface area contributed by atoms with Gasteiger partial charge in [-0.1, -0.05) is 30.3 Å². The number of benzene rings is 2. The van der Waals surface area contributed by atoms with Crippen LogP contribution in [0.5, 0.6) is 0 Å². The summed E-state index contributed by atoms with van der Waals surface area (Å²) in [6, 6.07) is 15.0. The number of anilines is 1. The maximum Gasteiger partial charge on any atom is 0.494 e. The molecular weight excluding hydrogens is 457 g/mol. The van der Waals surface area contributed by atoms with Crippen LogP contribution in [-0.4, -0.2) is 48.5 Å². The Morgan fingerprint density at radius 2 is 1.69 bits per heavy atom. The molecule has 0 spiro atoms. The molecule has 36 heavy (non-hydrogen) atoms. The molecule has 0 aliphatic carbocycles. The van der Waals surface area contributed by atoms with E-state index in [9.17, 15) is 9.59 Å². The average molecular weight is 489 g/mol. The first-order valence-electron chi connectivity index (χ1n) is 12.1. The number of hydrogen-bond acceptors (Lipinski definition) is 6. The topological polar surface area (TPSA) is 98.8 Å². The minimum absolute atomic E-state index is 0.0814. The molecule has 1 saturated heterocycles. The molecule has 2 heterocycles. The quantitative estimate of drug-likeness (QED) is 0.487. The molecule has 2 aromatic carbocycles. The van der Waals surface area contributed by atoms with Gasteiger partial charge in [-0.15, -0.1) is 0 Å². The van der Waals surface area contributed by atoms with Crippen molar-refractivity contribution in [3.05, 3.63) is 66.5 Å². The third-order valence-corrected chi connectivity index (χ3v) is 6.81. The first-order chi connectivity index (χ1) is 17.1. The van der Waals surface area contributed by atoms with E-state index >= 15 is 0 Å². The molecule has 2 amide bonds. The Balaban J connectivity index is 1.54. The predicted octanol–water partition coefficient (Wildman–Crippen LogP) is 4.00. The molecule has 1 unspecified atom stereocenters. The summed E-state index contributed by atoms with van der Waals surface area (Å²) in [5.74, 6) is -0.890. The highest BCUT2D eigenvalue weighted by Crippen LogP contribution is 2.36. The van der Waals surface area contributed by atoms with E-state index in [0.717, 1.165) is 21.8 Å². The Bertz CT molecular complexity index is 1230. The Labute approximate surface area is 211 Å². The van der Waals surface area contributed by atoms with E-state index in [-0.39, 0.29) is 19.1 Å². The van der Waals surface area contributed by atoms with E-state index in [1.165, 1.54) is 0 Å². The minimum atomic E-state index is -0.644. The van der Waals surface area contributed by atoms with Gasteiger partial charge < -0.3 is 24.7 Å². The average Bonchev–Trinajstić information content (AvgIpc) is 3.06. The summed E-state index contributed by atoms with van der Waals surface area (Å²) >= 11 is 0. The minimum Gasteiger partial charge on any atom is -0.450 e. The van der Waals surface area contributed by atoms with Crippen LogP contribution in [-0.2, 0) is 18.8 Å². The number of alkyl carbamates (subject to hydrolysis) is 1. The lowest BCUT2D eigenvalue weighted by Crippen LogP contribution is -2.41. The Hall–Kier alpha value is -3.43. The molecule has 0 radical (unpaired) electrons. The van der Waals surface area contributed by atoms with Gasteiger partial charge >= 0.3 is 13.2 Å². The highest BCUT2D eigenvalue weighted by Gasteiger charge is 2.51. The summed E-state index contributed by atoms with van der Waals surface area (Å²) in [6.07, 6.45) is 2.92. The van der Waals surface area contributed by atoms with Crippen molar-refractivity contribution in [2.45, 2.75) is 51.7 Å². The van der Waals surface area contributed by atoms with Crippen LogP contribution >= 0.6 is 0 Å². The molecule has 0 saturated carbocycles. The second kappa shape index (κ2) is 10.3. The van der Waals surface area contributed by atoms with Gasteiger partial charge in [-0.3, -0.25) is 9.78 Å². The standard InChI is InChI=1S/C27H32BN3O5/c1-6-34-25(33)30-17-23(24(32)31-22-12-9-20-16-29-14-13-19(20)15-22)18-7-10-21(11-8-18)28-35-26(2,3)27(4,5)36-28/h7-16,23H,6,17H2,1-5H3,(H,30,33)(H,31,32). The summed E-state index contributed by atoms with van der Waals surface area (Å²) in [5, 5.41) is 7.62. The number of rotatable bonds is 7. The zero-order chi connectivity index (χ0) is 25.9. The van der Waals surface area contributed by atoms with Crippen LogP contribution in [0.2, 0.25) is 0 Å². The van der Waals surface area contributed by atoms with Gasteiger partial charge in [0, 0.05) is 30.0 Å². The molecule has 1 aromatic heterocycles. The number of carbonyl (C=O) groups excluding carboxylic acids is 2. The Morgan fingerprint density at radius 3 is 2.36 bits per heavy atom. The van der Waals surface area contributed by atoms with Crippen molar-refractivity contribution in [3.8, 4) is 0 Å². The number of fused-ring (bicyclic) bond motifs is 1. The maximum atomic E-state index is 13.4. The smallest absolute Gasteiger partial charge is 0.450 e. The SMILES string of the molecule is CCOC(=O)NCC(C(=O)Nc1ccc2cnccc2c1)c1ccc(B2OC(C)(C)C(C)(C)O2)cc1. The third kappa shape index (κ3) is 5.52. The van der Waals surface area contributed by atoms with E-state index in [2.05, 4.69) is 15.6 Å². The van der Waals surface area contributed by atoms with Gasteiger partial charge in [0.2, 0.25) is 5.91 Å². The number of ether oxygens (including phenoxy) is 1. The molecule has 0 bridgehead atoms. The molecule has 4 rings (SSSR count). The summed E-state index contributed by atoms with van der Waals surface area (Å²) in [6.45, 7) is 10.1. The van der Waals surface area contributed by atoms with E-state index in [1.54, 1.807) is 19.3 Å². The van der Waals surface area contributed by atoms with Gasteiger partial charge in [-0.25, -0.2) is 4.79 Å². The fourth-order valence-corrected chi connectivity index (χ4v) is 3.98. The van der Waals surface area contributed by atoms with Gasteiger partial charge in [0.1, 0.15) is 0 Å². The number of carbonyl (C=O) groups is 2. The van der Waals surface area contributed by atoms with Crippen LogP contribution in [0.25, 0.3) is 10.8 Å². The van der Waals surface area contributed by atoms with Gasteiger partial charge in [-0.2, -0.15) is 0 Å². The largest absolute Gasteiger partial charge is 0.494 e. The van der Waals surface area contributed by atoms with Crippen molar-refractivity contribution >= 4 is 41.0 Å². The summed E-state index contributed by atoms with van der Waals surface area (Å²) < 4.78 is 17.3. The number of nitrogens with one attached hydrogen (secondary N) is 2. The van der Waals surface area contributed by atoms with Crippen LogP contribution in [0.3, 0.4) is 0 Å². The molecule has 1 atom stereocenters. The van der Waals surface area contributed by atoms with Gasteiger partial charge in [0.05, 0.1) is 23.7 Å². The van der Waals surface area contributed by atoms with Crippen molar-refractivity contribution < 1.29 is 23.6 Å². The van der Waals surface area contributed by atoms with Crippen molar-refractivity contribution in [2.75, 3.05) is 18.5 Å². The fourth-order valence-electron chi connectivity index (χ4n) is 3.98. The zero-order valence-electron chi connectivity index (χ0n) is 21.3. The second-order valence-corrected chi connectivity index (χ2v) is 9.84. The highest BCUT2D eigenvalue weighted by atomic mass is 16.7. The van der Waals surface area contributed by atoms with Gasteiger partial charge in [0.15, 0.2) is 0 Å². The molecule has 9 heteroatoms. The molecule has 1 aliphatic heterocycles. The Kier molecular flexibility index (Phi) is 7.33. The van der Waals surface area contributed by atoms with Crippen LogP contribution in [0.4, 0.5) is 10.5 Å². The third-order valence-electron chi connectivity index (χ3n) is 6.81. The van der Waals surface area contributed by atoms with Crippen molar-refractivity contribution in [2.24, 2.45) is 0 Å². The van der Waals surface area contributed by atoms with E-state index in [4.69, 9.17) is 14.0 Å². The summed E-state index contributed by atoms with van der Waals surface area (Å²) in [7, 11) is -0.499. The fraction of sp³-hybridized carbons (Fsp3) is 0.370. The summed E-state index contributed by atoms with van der Waals surface area (Å²) in [5.41, 5.74) is 1.37. The maximum absolute atomic E-state index is 13.4. The second-order valence-electron chi connectivity index (χ2n) is 9.84. The number of nitrogens with zero attached hydrogens (tertiary/aromatic N) is 1. The lowest BCUT2D eigenvalue weighted by Gasteiger charge is -2.32. The van der Waals surface area contributed by atoms with Crippen LogP contribution in [0.1, 0.15) is 46.1 Å². The highest BCUT2D eigenvalue weighted by molar-refractivity contribution is 6.62. The molecule has 8 nitrogen and oxygen atoms in total. The first-order valence-corrected chi connectivity index (χ1v) is 12.1. The van der Waals surface area contributed by atoms with Crippen LogP contribution in [0.15, 0.2) is 60.9 Å². The molecule has 3 aromatic rings. The normalized spacial score (nSPS) is 17.0. The predicted molar refractivity (Wildman–Crippen MR) is 140 cm³/mol. The van der Waals surface area contributed by atoms with E-state index < -0.39 is 30.3 Å². The number of aromatic nitrogens is 1. The number of pyridine rings is 1. The van der Waals surface area contributed by atoms with Crippen molar-refractivity contribution in [1.82, 2.24) is 10.3 Å². The molecular formula is C27H32BN3O5. The van der Waals surface area contributed by atoms with Gasteiger partial charge in [-0.05, 0) is 69.2 Å². The Morgan fingerprint density at radius 1 is 1.00 bits per heavy atom. The van der Waals surface area contributed by atoms with E-state index in [0.29, 0.717) is 5.69 Å². The molecule has 188 valence electrons. The van der Waals surface area contributed by atoms with Crippen LogP contribution in [0, 0.1) is 0 Å². The van der Waals surface area contributed by atoms with Gasteiger partial charge in [0.25, 0.3) is 0 Å². The summed E-state index contributed by atoms with van der Waals surface area (Å²) in [4.78, 5) is 29.4. The van der Waals surface area contributed by atoms with Crippen LogP contribution < -0.4 is 16.1 Å². The van der Waals surface area contributed by atoms with Crippen molar-refractivity contribution in [1.29, 1.82) is 0 Å². The monoisotopic (exact) mass is 489 g/mol. The van der Waals surface area contributed by atoms with E-state index in [1.807, 2.05) is 76.2 Å². The molecule has 1 aliphatic rings. The molecule has 1 fully saturated rings.